The van der Waals surface area contributed by atoms with Gasteiger partial charge in [-0.25, -0.2) is 14.4 Å². The van der Waals surface area contributed by atoms with Crippen LogP contribution in [0.15, 0.2) is 40.6 Å². The summed E-state index contributed by atoms with van der Waals surface area (Å²) in [4.78, 5) is 20.3. The number of aryl methyl sites for hydroxylation is 2. The number of hydrogen-bond donors (Lipinski definition) is 0. The number of hydrogen-bond acceptors (Lipinski definition) is 8. The maximum Gasteiger partial charge on any atom is 0.316 e. The molecule has 0 radical (unpaired) electrons. The highest BCUT2D eigenvalue weighted by molar-refractivity contribution is 7.99. The predicted molar refractivity (Wildman–Crippen MR) is 105 cm³/mol. The number of methoxy groups -OCH3 is 1. The first-order chi connectivity index (χ1) is 13.5. The van der Waals surface area contributed by atoms with E-state index in [2.05, 4.69) is 24.9 Å². The summed E-state index contributed by atoms with van der Waals surface area (Å²) in [6.45, 7) is 3.84. The number of halogens is 1. The van der Waals surface area contributed by atoms with Crippen molar-refractivity contribution < 1.29 is 13.9 Å². The Morgan fingerprint density at radius 3 is 2.43 bits per heavy atom. The molecule has 0 aliphatic carbocycles. The number of carbonyl (C=O) groups excluding carboxylic acids is 1. The van der Waals surface area contributed by atoms with Crippen molar-refractivity contribution in [1.82, 2.24) is 24.7 Å². The molecule has 0 saturated heterocycles. The van der Waals surface area contributed by atoms with Crippen LogP contribution in [0, 0.1) is 19.7 Å². The van der Waals surface area contributed by atoms with E-state index >= 15 is 0 Å². The lowest BCUT2D eigenvalue weighted by Gasteiger charge is -2.10. The average Bonchev–Trinajstić information content (AvgIpc) is 3.07. The van der Waals surface area contributed by atoms with Crippen molar-refractivity contribution in [3.8, 4) is 5.69 Å². The van der Waals surface area contributed by atoms with Crippen LogP contribution in [0.2, 0.25) is 0 Å². The van der Waals surface area contributed by atoms with E-state index in [1.807, 2.05) is 19.9 Å². The van der Waals surface area contributed by atoms with Crippen molar-refractivity contribution in [2.75, 3.05) is 12.9 Å². The van der Waals surface area contributed by atoms with Crippen LogP contribution < -0.4 is 0 Å². The number of rotatable bonds is 7. The molecule has 0 aliphatic rings. The normalized spacial score (nSPS) is 10.9. The molecule has 0 bridgehead atoms. The maximum atomic E-state index is 13.3. The van der Waals surface area contributed by atoms with Crippen molar-refractivity contribution in [3.05, 3.63) is 53.4 Å². The fraction of sp³-hybridized carbons (Fsp3) is 0.278. The average molecular weight is 420 g/mol. The van der Waals surface area contributed by atoms with Crippen LogP contribution in [0.5, 0.6) is 0 Å². The number of benzene rings is 1. The van der Waals surface area contributed by atoms with Gasteiger partial charge in [0.1, 0.15) is 11.6 Å². The second-order valence-electron chi connectivity index (χ2n) is 5.80. The van der Waals surface area contributed by atoms with Gasteiger partial charge >= 0.3 is 5.97 Å². The van der Waals surface area contributed by atoms with Crippen LogP contribution in [0.25, 0.3) is 5.69 Å². The molecule has 1 aromatic carbocycles. The molecule has 0 saturated carbocycles. The van der Waals surface area contributed by atoms with E-state index < -0.39 is 0 Å². The van der Waals surface area contributed by atoms with Crippen LogP contribution in [-0.2, 0) is 15.3 Å². The molecule has 2 heterocycles. The van der Waals surface area contributed by atoms with E-state index in [9.17, 15) is 9.18 Å². The van der Waals surface area contributed by atoms with Gasteiger partial charge < -0.3 is 4.74 Å². The summed E-state index contributed by atoms with van der Waals surface area (Å²) in [5.74, 6) is 0.514. The van der Waals surface area contributed by atoms with Gasteiger partial charge in [-0.2, -0.15) is 0 Å². The second kappa shape index (κ2) is 9.16. The molecule has 0 N–H and O–H groups in total. The molecule has 2 aromatic heterocycles. The first-order valence-corrected chi connectivity index (χ1v) is 10.3. The Morgan fingerprint density at radius 2 is 1.79 bits per heavy atom. The first kappa shape index (κ1) is 20.3. The van der Waals surface area contributed by atoms with Gasteiger partial charge in [0.25, 0.3) is 0 Å². The van der Waals surface area contributed by atoms with Crippen LogP contribution in [0.4, 0.5) is 4.39 Å². The number of aromatic nitrogens is 5. The Labute approximate surface area is 170 Å². The Bertz CT molecular complexity index is 958. The minimum absolute atomic E-state index is 0.100. The molecule has 146 valence electrons. The summed E-state index contributed by atoms with van der Waals surface area (Å²) in [5.41, 5.74) is 2.49. The Morgan fingerprint density at radius 1 is 1.11 bits per heavy atom. The zero-order chi connectivity index (χ0) is 20.1. The highest BCUT2D eigenvalue weighted by atomic mass is 32.2. The highest BCUT2D eigenvalue weighted by Crippen LogP contribution is 2.26. The lowest BCUT2D eigenvalue weighted by Crippen LogP contribution is -2.06. The minimum atomic E-state index is -0.363. The van der Waals surface area contributed by atoms with Gasteiger partial charge in [-0.15, -0.1) is 10.2 Å². The van der Waals surface area contributed by atoms with Crippen LogP contribution in [0.3, 0.4) is 0 Å². The van der Waals surface area contributed by atoms with Crippen molar-refractivity contribution in [2.24, 2.45) is 0 Å². The minimum Gasteiger partial charge on any atom is -0.468 e. The molecule has 3 aromatic rings. The molecular formula is C18H18FN5O2S2. The highest BCUT2D eigenvalue weighted by Gasteiger charge is 2.17. The fourth-order valence-electron chi connectivity index (χ4n) is 2.41. The van der Waals surface area contributed by atoms with Gasteiger partial charge in [-0.3, -0.25) is 9.36 Å². The van der Waals surface area contributed by atoms with Gasteiger partial charge in [-0.05, 0) is 44.2 Å². The molecule has 0 amide bonds. The predicted octanol–water partition coefficient (Wildman–Crippen LogP) is 3.37. The molecule has 0 unspecified atom stereocenters. The molecule has 3 rings (SSSR count). The van der Waals surface area contributed by atoms with Crippen LogP contribution in [0.1, 0.15) is 17.2 Å². The smallest absolute Gasteiger partial charge is 0.316 e. The van der Waals surface area contributed by atoms with E-state index in [4.69, 9.17) is 0 Å². The first-order valence-electron chi connectivity index (χ1n) is 8.31. The number of ether oxygens (including phenoxy) is 1. The van der Waals surface area contributed by atoms with Crippen molar-refractivity contribution in [1.29, 1.82) is 0 Å². The molecule has 0 fully saturated rings. The summed E-state index contributed by atoms with van der Waals surface area (Å²) < 4.78 is 19.8. The fourth-order valence-corrected chi connectivity index (χ4v) is 4.07. The van der Waals surface area contributed by atoms with E-state index in [0.29, 0.717) is 27.6 Å². The number of nitrogens with zero attached hydrogens (tertiary/aromatic N) is 5. The summed E-state index contributed by atoms with van der Waals surface area (Å²) in [6.07, 6.45) is 0. The number of esters is 1. The van der Waals surface area contributed by atoms with Crippen LogP contribution in [-0.4, -0.2) is 43.6 Å². The molecule has 0 atom stereocenters. The molecule has 0 aliphatic heterocycles. The third kappa shape index (κ3) is 5.08. The SMILES string of the molecule is COC(=O)CSc1nnc(CSc2nc(C)cc(C)n2)n1-c1ccc(F)cc1. The lowest BCUT2D eigenvalue weighted by atomic mass is 10.3. The maximum absolute atomic E-state index is 13.3. The second-order valence-corrected chi connectivity index (χ2v) is 7.68. The van der Waals surface area contributed by atoms with E-state index in [-0.39, 0.29) is 17.5 Å². The van der Waals surface area contributed by atoms with Gasteiger partial charge in [0.2, 0.25) is 0 Å². The zero-order valence-electron chi connectivity index (χ0n) is 15.5. The largest absolute Gasteiger partial charge is 0.468 e. The molecular weight excluding hydrogens is 401 g/mol. The summed E-state index contributed by atoms with van der Waals surface area (Å²) in [6, 6.07) is 7.93. The van der Waals surface area contributed by atoms with Crippen molar-refractivity contribution >= 4 is 29.5 Å². The van der Waals surface area contributed by atoms with E-state index in [1.54, 1.807) is 16.7 Å². The third-order valence-corrected chi connectivity index (χ3v) is 5.37. The molecule has 0 spiro atoms. The lowest BCUT2D eigenvalue weighted by molar-refractivity contribution is -0.137. The molecule has 10 heteroatoms. The summed E-state index contributed by atoms with van der Waals surface area (Å²) >= 11 is 2.64. The third-order valence-electron chi connectivity index (χ3n) is 3.62. The topological polar surface area (TPSA) is 82.8 Å². The Hall–Kier alpha value is -2.46. The number of carbonyl (C=O) groups is 1. The molecule has 7 nitrogen and oxygen atoms in total. The van der Waals surface area contributed by atoms with Gasteiger partial charge in [0.15, 0.2) is 10.3 Å². The summed E-state index contributed by atoms with van der Waals surface area (Å²) in [5, 5.41) is 9.61. The monoisotopic (exact) mass is 419 g/mol. The summed E-state index contributed by atoms with van der Waals surface area (Å²) in [7, 11) is 1.33. The van der Waals surface area contributed by atoms with E-state index in [0.717, 1.165) is 11.4 Å². The zero-order valence-corrected chi connectivity index (χ0v) is 17.2. The molecule has 28 heavy (non-hydrogen) atoms. The van der Waals surface area contributed by atoms with E-state index in [1.165, 1.54) is 42.8 Å². The quantitative estimate of drug-likeness (QED) is 0.327. The van der Waals surface area contributed by atoms with Crippen LogP contribution >= 0.6 is 23.5 Å². The van der Waals surface area contributed by atoms with Gasteiger partial charge in [0.05, 0.1) is 18.6 Å². The Balaban J connectivity index is 1.88. The van der Waals surface area contributed by atoms with Crippen molar-refractivity contribution in [2.45, 2.75) is 29.9 Å². The standard InChI is InChI=1S/C18H18FN5O2S2/c1-11-8-12(2)21-17(20-11)27-9-15-22-23-18(28-10-16(25)26-3)24(15)14-6-4-13(19)5-7-14/h4-8H,9-10H2,1-3H3. The van der Waals surface area contributed by atoms with Crippen molar-refractivity contribution in [3.63, 3.8) is 0 Å². The number of thioether (sulfide) groups is 2. The van der Waals surface area contributed by atoms with Gasteiger partial charge in [0, 0.05) is 17.1 Å². The van der Waals surface area contributed by atoms with Gasteiger partial charge in [-0.1, -0.05) is 23.5 Å². The Kier molecular flexibility index (Phi) is 6.63.